The van der Waals surface area contributed by atoms with Crippen LogP contribution in [0.2, 0.25) is 0 Å². The number of benzene rings is 3. The molecule has 0 bridgehead atoms. The normalized spacial score (nSPS) is 21.4. The summed E-state index contributed by atoms with van der Waals surface area (Å²) in [6, 6.07) is 21.2. The van der Waals surface area contributed by atoms with E-state index >= 15 is 0 Å². The van der Waals surface area contributed by atoms with Crippen molar-refractivity contribution in [1.29, 1.82) is 0 Å². The third-order valence-electron chi connectivity index (χ3n) is 6.31. The Morgan fingerprint density at radius 2 is 1.67 bits per heavy atom. The molecule has 3 N–H and O–H groups in total. The predicted molar refractivity (Wildman–Crippen MR) is 152 cm³/mol. The number of halogens is 3. The summed E-state index contributed by atoms with van der Waals surface area (Å²) in [5.74, 6) is -1.21. The van der Waals surface area contributed by atoms with E-state index in [0.29, 0.717) is 17.0 Å². The van der Waals surface area contributed by atoms with Gasteiger partial charge in [0, 0.05) is 27.8 Å². The summed E-state index contributed by atoms with van der Waals surface area (Å²) in [6.07, 6.45) is -1.32. The van der Waals surface area contributed by atoms with Crippen molar-refractivity contribution in [2.45, 2.75) is 40.7 Å². The molecule has 206 valence electrons. The Morgan fingerprint density at radius 3 is 2.28 bits per heavy atom. The monoisotopic (exact) mass is 609 g/mol. The Kier molecular flexibility index (Phi) is 9.82. The van der Waals surface area contributed by atoms with Crippen LogP contribution in [0, 0.1) is 5.92 Å². The van der Waals surface area contributed by atoms with Gasteiger partial charge in [-0.05, 0) is 47.5 Å². The van der Waals surface area contributed by atoms with Gasteiger partial charge in [-0.1, -0.05) is 78.1 Å². The summed E-state index contributed by atoms with van der Waals surface area (Å²) in [5.41, 5.74) is 3.05. The number of rotatable bonds is 8. The summed E-state index contributed by atoms with van der Waals surface area (Å²) in [6.45, 7) is 2.00. The molecule has 4 atom stereocenters. The number of ether oxygens (including phenoxy) is 2. The lowest BCUT2D eigenvalue weighted by Crippen LogP contribution is -2.38. The molecule has 0 unspecified atom stereocenters. The first-order valence-electron chi connectivity index (χ1n) is 12.0. The van der Waals surface area contributed by atoms with Gasteiger partial charge >= 0.3 is 5.97 Å². The predicted octanol–water partition coefficient (Wildman–Crippen LogP) is 6.77. The number of alkyl halides is 3. The van der Waals surface area contributed by atoms with Crippen molar-refractivity contribution in [3.63, 3.8) is 0 Å². The number of carbonyl (C=O) groups excluding carboxylic acids is 1. The molecule has 0 aromatic heterocycles. The van der Waals surface area contributed by atoms with Crippen LogP contribution in [0.3, 0.4) is 0 Å². The van der Waals surface area contributed by atoms with Crippen molar-refractivity contribution >= 4 is 64.1 Å². The van der Waals surface area contributed by atoms with E-state index in [4.69, 9.17) is 49.4 Å². The number of thioether (sulfide) groups is 1. The van der Waals surface area contributed by atoms with Gasteiger partial charge < -0.3 is 25.0 Å². The number of aliphatic hydroxyl groups is 1. The Labute approximate surface area is 245 Å². The Bertz CT molecular complexity index is 1300. The second-order valence-corrected chi connectivity index (χ2v) is 12.4. The lowest BCUT2D eigenvalue weighted by atomic mass is 9.91. The molecule has 39 heavy (non-hydrogen) atoms. The Balaban J connectivity index is 1.58. The quantitative estimate of drug-likeness (QED) is 0.191. The number of hydrogen-bond donors (Lipinski definition) is 3. The summed E-state index contributed by atoms with van der Waals surface area (Å²) >= 11 is 18.7. The average molecular weight is 611 g/mol. The van der Waals surface area contributed by atoms with Crippen molar-refractivity contribution in [3.8, 4) is 0 Å². The zero-order valence-corrected chi connectivity index (χ0v) is 23.8. The van der Waals surface area contributed by atoms with E-state index in [2.05, 4.69) is 12.2 Å². The maximum Gasteiger partial charge on any atom is 0.335 e. The molecule has 7 nitrogen and oxygen atoms in total. The van der Waals surface area contributed by atoms with E-state index in [0.717, 1.165) is 16.0 Å². The maximum atomic E-state index is 12.2. The molecule has 1 heterocycles. The van der Waals surface area contributed by atoms with E-state index in [1.54, 1.807) is 54.2 Å². The number of carboxylic acid groups (broad SMARTS) is 1. The standard InChI is InChI=1S/C28H26Cl3NO6S/c1-16-23(15-39-22-11-9-19(10-12-22)25(34)35)37-26(38-24(16)18-7-5-17(14-33)6-8-18)20-3-2-4-21(13-20)32-27(36)28(29,30)31/h2-13,16,23-24,26,33H,14-15H2,1H3,(H,32,36)(H,34,35)/t16-,23+,24+,26+/m1/s1. The molecule has 1 amide bonds. The minimum absolute atomic E-state index is 0.0423. The molecule has 3 aromatic carbocycles. The van der Waals surface area contributed by atoms with Crippen LogP contribution >= 0.6 is 46.6 Å². The van der Waals surface area contributed by atoms with Crippen molar-refractivity contribution in [1.82, 2.24) is 0 Å². The molecular weight excluding hydrogens is 585 g/mol. The van der Waals surface area contributed by atoms with Gasteiger partial charge in [-0.15, -0.1) is 11.8 Å². The Hall–Kier alpha value is -2.30. The smallest absolute Gasteiger partial charge is 0.335 e. The number of carbonyl (C=O) groups is 2. The second-order valence-electron chi connectivity index (χ2n) is 9.04. The fourth-order valence-electron chi connectivity index (χ4n) is 4.15. The molecule has 1 saturated heterocycles. The number of aromatic carboxylic acids is 1. The molecule has 3 aromatic rings. The minimum atomic E-state index is -2.11. The number of carboxylic acids is 1. The molecule has 0 saturated carbocycles. The summed E-state index contributed by atoms with van der Waals surface area (Å²) in [7, 11) is 0. The molecule has 11 heteroatoms. The van der Waals surface area contributed by atoms with Gasteiger partial charge in [0.1, 0.15) is 0 Å². The highest BCUT2D eigenvalue weighted by Crippen LogP contribution is 2.43. The highest BCUT2D eigenvalue weighted by molar-refractivity contribution is 7.99. The second kappa shape index (κ2) is 12.9. The van der Waals surface area contributed by atoms with E-state index in [1.807, 2.05) is 30.3 Å². The fourth-order valence-corrected chi connectivity index (χ4v) is 5.36. The van der Waals surface area contributed by atoms with Gasteiger partial charge in [-0.25, -0.2) is 4.79 Å². The van der Waals surface area contributed by atoms with Crippen molar-refractivity contribution in [3.05, 3.63) is 95.1 Å². The first kappa shape index (κ1) is 29.7. The Morgan fingerprint density at radius 1 is 0.974 bits per heavy atom. The van der Waals surface area contributed by atoms with E-state index < -0.39 is 22.0 Å². The van der Waals surface area contributed by atoms with Crippen molar-refractivity contribution in [2.75, 3.05) is 11.1 Å². The topological polar surface area (TPSA) is 105 Å². The summed E-state index contributed by atoms with van der Waals surface area (Å²) in [5, 5.41) is 21.2. The largest absolute Gasteiger partial charge is 0.478 e. The molecule has 0 radical (unpaired) electrons. The van der Waals surface area contributed by atoms with Crippen LogP contribution in [0.5, 0.6) is 0 Å². The van der Waals surface area contributed by atoms with Gasteiger partial charge in [-0.2, -0.15) is 0 Å². The highest BCUT2D eigenvalue weighted by Gasteiger charge is 2.38. The highest BCUT2D eigenvalue weighted by atomic mass is 35.6. The average Bonchev–Trinajstić information content (AvgIpc) is 2.92. The molecule has 1 fully saturated rings. The lowest BCUT2D eigenvalue weighted by Gasteiger charge is -2.41. The molecule has 1 aliphatic rings. The van der Waals surface area contributed by atoms with E-state index in [9.17, 15) is 14.7 Å². The zero-order chi connectivity index (χ0) is 28.2. The first-order chi connectivity index (χ1) is 18.5. The third-order valence-corrected chi connectivity index (χ3v) is 7.93. The molecule has 0 aliphatic carbocycles. The third kappa shape index (κ3) is 7.67. The molecule has 0 spiro atoms. The van der Waals surface area contributed by atoms with Gasteiger partial charge in [0.2, 0.25) is 0 Å². The van der Waals surface area contributed by atoms with Crippen LogP contribution in [0.4, 0.5) is 5.69 Å². The number of nitrogens with one attached hydrogen (secondary N) is 1. The minimum Gasteiger partial charge on any atom is -0.478 e. The van der Waals surface area contributed by atoms with Crippen molar-refractivity contribution in [2.24, 2.45) is 5.92 Å². The molecule has 4 rings (SSSR count). The van der Waals surface area contributed by atoms with Crippen LogP contribution in [0.25, 0.3) is 0 Å². The number of hydrogen-bond acceptors (Lipinski definition) is 6. The van der Waals surface area contributed by atoms with Gasteiger partial charge in [-0.3, -0.25) is 4.79 Å². The van der Waals surface area contributed by atoms with Crippen LogP contribution in [0.1, 0.15) is 46.4 Å². The SMILES string of the molecule is C[C@@H]1[C@H](CSc2ccc(C(=O)O)cc2)O[C@H](c2cccc(NC(=O)C(Cl)(Cl)Cl)c2)O[C@@H]1c1ccc(CO)cc1. The van der Waals surface area contributed by atoms with E-state index in [1.165, 1.54) is 0 Å². The summed E-state index contributed by atoms with van der Waals surface area (Å²) < 4.78 is 10.8. The number of aliphatic hydroxyl groups excluding tert-OH is 1. The van der Waals surface area contributed by atoms with Gasteiger partial charge in [0.25, 0.3) is 9.70 Å². The number of amides is 1. The van der Waals surface area contributed by atoms with Crippen LogP contribution in [-0.4, -0.2) is 37.7 Å². The number of anilines is 1. The van der Waals surface area contributed by atoms with Crippen LogP contribution in [-0.2, 0) is 20.9 Å². The van der Waals surface area contributed by atoms with Gasteiger partial charge in [0.15, 0.2) is 6.29 Å². The lowest BCUT2D eigenvalue weighted by molar-refractivity contribution is -0.268. The van der Waals surface area contributed by atoms with E-state index in [-0.39, 0.29) is 30.3 Å². The zero-order valence-electron chi connectivity index (χ0n) is 20.7. The fraction of sp³-hybridized carbons (Fsp3) is 0.286. The maximum absolute atomic E-state index is 12.2. The summed E-state index contributed by atoms with van der Waals surface area (Å²) in [4.78, 5) is 24.3. The van der Waals surface area contributed by atoms with Crippen LogP contribution in [0.15, 0.2) is 77.7 Å². The first-order valence-corrected chi connectivity index (χ1v) is 14.1. The van der Waals surface area contributed by atoms with Crippen molar-refractivity contribution < 1.29 is 29.3 Å². The molecular formula is C28H26Cl3NO6S. The molecule has 1 aliphatic heterocycles. The van der Waals surface area contributed by atoms with Crippen LogP contribution < -0.4 is 5.32 Å². The van der Waals surface area contributed by atoms with Gasteiger partial charge in [0.05, 0.1) is 24.4 Å².